The first-order valence-electron chi connectivity index (χ1n) is 17.0. The van der Waals surface area contributed by atoms with Crippen molar-refractivity contribution in [1.82, 2.24) is 45.1 Å². The molecular weight excluding hydrogens is 618 g/mol. The molecule has 49 heavy (non-hydrogen) atoms. The minimum Gasteiger partial charge on any atom is -0.378 e. The monoisotopic (exact) mass is 661 g/mol. The third kappa shape index (κ3) is 7.85. The Morgan fingerprint density at radius 1 is 0.878 bits per heavy atom. The number of amides is 2. The fourth-order valence-electron chi connectivity index (χ4n) is 6.38. The van der Waals surface area contributed by atoms with Gasteiger partial charge in [-0.1, -0.05) is 29.5 Å². The lowest BCUT2D eigenvalue weighted by Crippen LogP contribution is -2.37. The highest BCUT2D eigenvalue weighted by Crippen LogP contribution is 2.31. The molecule has 2 amide bonds. The quantitative estimate of drug-likeness (QED) is 0.224. The zero-order valence-electron chi connectivity index (χ0n) is 28.1. The highest BCUT2D eigenvalue weighted by Gasteiger charge is 2.27. The molecule has 0 atom stereocenters. The van der Waals surface area contributed by atoms with Crippen molar-refractivity contribution in [1.29, 1.82) is 0 Å². The van der Waals surface area contributed by atoms with E-state index in [9.17, 15) is 4.79 Å². The largest absolute Gasteiger partial charge is 0.378 e. The molecule has 13 heteroatoms. The molecule has 7 rings (SSSR count). The van der Waals surface area contributed by atoms with Gasteiger partial charge in [0.1, 0.15) is 0 Å². The van der Waals surface area contributed by atoms with Crippen LogP contribution in [0.5, 0.6) is 0 Å². The molecule has 13 nitrogen and oxygen atoms in total. The number of urea groups is 1. The van der Waals surface area contributed by atoms with E-state index in [1.54, 1.807) is 0 Å². The maximum Gasteiger partial charge on any atom is 0.319 e. The maximum atomic E-state index is 12.3. The number of likely N-dealkylation sites (tertiary alicyclic amines) is 1. The summed E-state index contributed by atoms with van der Waals surface area (Å²) in [6.07, 6.45) is 5.57. The van der Waals surface area contributed by atoms with Gasteiger partial charge in [0.25, 0.3) is 0 Å². The van der Waals surface area contributed by atoms with E-state index in [-0.39, 0.29) is 12.1 Å². The number of carbonyl (C=O) groups is 1. The number of morpholine rings is 1. The Bertz CT molecular complexity index is 1830. The van der Waals surface area contributed by atoms with Crippen molar-refractivity contribution in [3.05, 3.63) is 78.6 Å². The molecule has 2 aromatic carbocycles. The summed E-state index contributed by atoms with van der Waals surface area (Å²) >= 11 is 0. The predicted molar refractivity (Wildman–Crippen MR) is 190 cm³/mol. The predicted octanol–water partition coefficient (Wildman–Crippen LogP) is 4.31. The van der Waals surface area contributed by atoms with Crippen LogP contribution in [0.1, 0.15) is 24.4 Å². The van der Waals surface area contributed by atoms with Crippen LogP contribution in [0.15, 0.2) is 73.1 Å². The smallest absolute Gasteiger partial charge is 0.319 e. The van der Waals surface area contributed by atoms with Crippen molar-refractivity contribution in [2.75, 3.05) is 76.8 Å². The molecular formula is C36H43N11O2. The molecule has 0 bridgehead atoms. The number of likely N-dealkylation sites (N-methyl/N-ethyl adjacent to an activating group) is 1. The van der Waals surface area contributed by atoms with E-state index in [0.717, 1.165) is 74.7 Å². The van der Waals surface area contributed by atoms with Crippen LogP contribution in [0.25, 0.3) is 33.7 Å². The normalized spacial score (nSPS) is 15.9. The van der Waals surface area contributed by atoms with Gasteiger partial charge in [-0.3, -0.25) is 9.88 Å². The second-order valence-corrected chi connectivity index (χ2v) is 12.9. The zero-order chi connectivity index (χ0) is 33.6. The molecule has 2 fully saturated rings. The first-order chi connectivity index (χ1) is 24.0. The van der Waals surface area contributed by atoms with Gasteiger partial charge >= 0.3 is 6.03 Å². The first kappa shape index (κ1) is 32.6. The molecule has 2 aliphatic heterocycles. The van der Waals surface area contributed by atoms with E-state index in [0.29, 0.717) is 31.3 Å². The number of anilines is 2. The van der Waals surface area contributed by atoms with Crippen LogP contribution >= 0.6 is 0 Å². The summed E-state index contributed by atoms with van der Waals surface area (Å²) in [6.45, 7) is 6.90. The second-order valence-electron chi connectivity index (χ2n) is 12.9. The minimum atomic E-state index is -0.234. The number of hydrogen-bond acceptors (Lipinski definition) is 10. The SMILES string of the molecule is CN(C)CCNC(=O)Nc1ccc(-c2nc(N3CCOCC3)c3nnn(C4CCN(Cc5ccc(-c6ccncc6)cc5)CC4)c3n2)cc1. The Labute approximate surface area is 286 Å². The van der Waals surface area contributed by atoms with Gasteiger partial charge in [-0.15, -0.1) is 5.10 Å². The van der Waals surface area contributed by atoms with Crippen LogP contribution in [0.2, 0.25) is 0 Å². The third-order valence-corrected chi connectivity index (χ3v) is 9.14. The van der Waals surface area contributed by atoms with Gasteiger partial charge in [0, 0.05) is 69.5 Å². The molecule has 254 valence electrons. The highest BCUT2D eigenvalue weighted by molar-refractivity contribution is 5.90. The molecule has 5 heterocycles. The van der Waals surface area contributed by atoms with E-state index in [1.807, 2.05) is 72.5 Å². The number of benzene rings is 2. The molecule has 5 aromatic rings. The van der Waals surface area contributed by atoms with Crippen LogP contribution in [0.4, 0.5) is 16.3 Å². The van der Waals surface area contributed by atoms with Crippen molar-refractivity contribution in [3.8, 4) is 22.5 Å². The number of carbonyl (C=O) groups excluding carboxylic acids is 1. The summed E-state index contributed by atoms with van der Waals surface area (Å²) in [6, 6.07) is 20.5. The lowest BCUT2D eigenvalue weighted by atomic mass is 10.0. The number of nitrogens with zero attached hydrogens (tertiary/aromatic N) is 9. The van der Waals surface area contributed by atoms with Gasteiger partial charge in [-0.05, 0) is 80.0 Å². The van der Waals surface area contributed by atoms with Gasteiger partial charge in [0.15, 0.2) is 22.8 Å². The average molecular weight is 662 g/mol. The number of piperidine rings is 1. The van der Waals surface area contributed by atoms with Crippen molar-refractivity contribution in [2.24, 2.45) is 0 Å². The molecule has 0 unspecified atom stereocenters. The minimum absolute atomic E-state index is 0.188. The van der Waals surface area contributed by atoms with Crippen molar-refractivity contribution in [3.63, 3.8) is 0 Å². The summed E-state index contributed by atoms with van der Waals surface area (Å²) in [5.41, 5.74) is 6.70. The highest BCUT2D eigenvalue weighted by atomic mass is 16.5. The van der Waals surface area contributed by atoms with Crippen LogP contribution in [-0.4, -0.2) is 112 Å². The maximum absolute atomic E-state index is 12.3. The first-order valence-corrected chi connectivity index (χ1v) is 17.0. The molecule has 0 spiro atoms. The van der Waals surface area contributed by atoms with Gasteiger partial charge in [-0.2, -0.15) is 0 Å². The summed E-state index contributed by atoms with van der Waals surface area (Å²) in [4.78, 5) is 33.3. The lowest BCUT2D eigenvalue weighted by molar-refractivity contribution is 0.122. The summed E-state index contributed by atoms with van der Waals surface area (Å²) < 4.78 is 7.65. The summed E-state index contributed by atoms with van der Waals surface area (Å²) in [7, 11) is 3.95. The van der Waals surface area contributed by atoms with Crippen molar-refractivity contribution >= 4 is 28.7 Å². The third-order valence-electron chi connectivity index (χ3n) is 9.14. The second kappa shape index (κ2) is 15.1. The fraction of sp³-hybridized carbons (Fsp3) is 0.389. The van der Waals surface area contributed by atoms with Gasteiger partial charge < -0.3 is 25.2 Å². The molecule has 2 N–H and O–H groups in total. The number of fused-ring (bicyclic) bond motifs is 1. The summed E-state index contributed by atoms with van der Waals surface area (Å²) in [5.74, 6) is 1.39. The molecule has 2 saturated heterocycles. The number of aromatic nitrogens is 6. The van der Waals surface area contributed by atoms with Crippen molar-refractivity contribution < 1.29 is 9.53 Å². The number of pyridine rings is 1. The Hall–Kier alpha value is -4.98. The molecule has 0 radical (unpaired) electrons. The van der Waals surface area contributed by atoms with Crippen LogP contribution in [0.3, 0.4) is 0 Å². The van der Waals surface area contributed by atoms with E-state index in [4.69, 9.17) is 14.7 Å². The van der Waals surface area contributed by atoms with Crippen molar-refractivity contribution in [2.45, 2.75) is 25.4 Å². The van der Waals surface area contributed by atoms with E-state index < -0.39 is 0 Å². The van der Waals surface area contributed by atoms with Gasteiger partial charge in [0.05, 0.1) is 19.3 Å². The van der Waals surface area contributed by atoms with Crippen LogP contribution in [0, 0.1) is 0 Å². The average Bonchev–Trinajstić information content (AvgIpc) is 3.57. The van der Waals surface area contributed by atoms with Gasteiger partial charge in [0.2, 0.25) is 0 Å². The zero-order valence-corrected chi connectivity index (χ0v) is 28.1. The van der Waals surface area contributed by atoms with Crippen LogP contribution in [-0.2, 0) is 11.3 Å². The molecule has 3 aromatic heterocycles. The Morgan fingerprint density at radius 3 is 2.29 bits per heavy atom. The standard InChI is InChI=1S/C36H43N11O2/c1-44(2)20-17-38-36(48)39-30-9-7-29(8-10-30)33-40-34(46-21-23-49-24-22-46)32-35(41-33)47(43-42-32)31-13-18-45(19-14-31)25-26-3-5-27(6-4-26)28-11-15-37-16-12-28/h3-12,15-16,31H,13-14,17-25H2,1-2H3,(H2,38,39,48). The van der Waals surface area contributed by atoms with Gasteiger partial charge in [-0.25, -0.2) is 19.4 Å². The number of ether oxygens (including phenoxy) is 1. The number of nitrogens with one attached hydrogen (secondary N) is 2. The van der Waals surface area contributed by atoms with E-state index in [1.165, 1.54) is 16.7 Å². The number of rotatable bonds is 10. The molecule has 0 aliphatic carbocycles. The van der Waals surface area contributed by atoms with Crippen LogP contribution < -0.4 is 15.5 Å². The Morgan fingerprint density at radius 2 is 1.57 bits per heavy atom. The van der Waals surface area contributed by atoms with E-state index >= 15 is 0 Å². The fourth-order valence-corrected chi connectivity index (χ4v) is 6.38. The van der Waals surface area contributed by atoms with E-state index in [2.05, 4.69) is 60.0 Å². The Balaban J connectivity index is 1.06. The topological polar surface area (TPSA) is 129 Å². The molecule has 0 saturated carbocycles. The summed E-state index contributed by atoms with van der Waals surface area (Å²) in [5, 5.41) is 15.1. The molecule has 2 aliphatic rings. The lowest BCUT2D eigenvalue weighted by Gasteiger charge is -2.32. The number of hydrogen-bond donors (Lipinski definition) is 2. The Kier molecular flexibility index (Phi) is 10.0.